The average Bonchev–Trinajstić information content (AvgIpc) is 3.42. The van der Waals surface area contributed by atoms with Crippen LogP contribution in [-0.2, 0) is 6.42 Å². The monoisotopic (exact) mass is 470 g/mol. The number of fused-ring (bicyclic) bond motifs is 1. The molecule has 0 spiro atoms. The van der Waals surface area contributed by atoms with Gasteiger partial charge in [-0.15, -0.1) is 4.91 Å². The van der Waals surface area contributed by atoms with E-state index >= 15 is 0 Å². The molecule has 3 heterocycles. The predicted octanol–water partition coefficient (Wildman–Crippen LogP) is 5.61. The van der Waals surface area contributed by atoms with Gasteiger partial charge in [0.05, 0.1) is 11.7 Å². The molecule has 0 bridgehead atoms. The van der Waals surface area contributed by atoms with Gasteiger partial charge in [0.25, 0.3) is 5.91 Å². The molecule has 3 aromatic rings. The average molecular weight is 471 g/mol. The van der Waals surface area contributed by atoms with Crippen molar-refractivity contribution in [2.45, 2.75) is 47.1 Å². The first-order valence-electron chi connectivity index (χ1n) is 11.3. The van der Waals surface area contributed by atoms with Crippen LogP contribution in [0.5, 0.6) is 0 Å². The Morgan fingerprint density at radius 3 is 2.61 bits per heavy atom. The van der Waals surface area contributed by atoms with E-state index in [0.717, 1.165) is 28.9 Å². The Balaban J connectivity index is 0.000000914. The number of amides is 1. The molecule has 0 saturated heterocycles. The molecule has 0 unspecified atom stereocenters. The fourth-order valence-electron chi connectivity index (χ4n) is 3.79. The van der Waals surface area contributed by atoms with Crippen LogP contribution in [-0.4, -0.2) is 44.4 Å². The third-order valence-corrected chi connectivity index (χ3v) is 5.86. The third-order valence-electron chi connectivity index (χ3n) is 5.02. The Hall–Kier alpha value is -2.91. The summed E-state index contributed by atoms with van der Waals surface area (Å²) in [6, 6.07) is 9.11. The molecule has 0 saturated carbocycles. The first-order valence-corrected chi connectivity index (χ1v) is 12.0. The molecule has 33 heavy (non-hydrogen) atoms. The fraction of sp³-hybridized carbons (Fsp3) is 0.417. The van der Waals surface area contributed by atoms with E-state index in [1.165, 1.54) is 0 Å². The van der Waals surface area contributed by atoms with Gasteiger partial charge in [-0.1, -0.05) is 39.8 Å². The number of hydrogen-bond acceptors (Lipinski definition) is 6. The maximum Gasteiger partial charge on any atom is 0.268 e. The number of nitrogens with zero attached hydrogens (tertiary/aromatic N) is 5. The van der Waals surface area contributed by atoms with Gasteiger partial charge < -0.3 is 9.88 Å². The number of nitrogens with one attached hydrogen (secondary N) is 1. The van der Waals surface area contributed by atoms with E-state index in [-0.39, 0.29) is 11.9 Å². The van der Waals surface area contributed by atoms with Crippen LogP contribution < -0.4 is 5.32 Å². The second-order valence-corrected chi connectivity index (χ2v) is 8.50. The molecular weight excluding hydrogens is 436 g/mol. The van der Waals surface area contributed by atoms with Crippen LogP contribution in [0.2, 0.25) is 0 Å². The van der Waals surface area contributed by atoms with Gasteiger partial charge in [0.2, 0.25) is 0 Å². The minimum Gasteiger partial charge on any atom is -0.349 e. The standard InChI is InChI=1S/C20H22N6O2S.2C2H6/c1-13-18(14-5-4-6-15(7-14)23-28)9-19-20(27)22-11-17(26(13)19)8-16-10-21-12-25(16)29-24(2)3;2*1-2/h4-7,9-10,12,17H,8,11H2,1-3H3,(H,22,27);2*1-2H3/t17-;;/m0../s1. The molecule has 1 aliphatic rings. The van der Waals surface area contributed by atoms with Gasteiger partial charge in [0.15, 0.2) is 0 Å². The summed E-state index contributed by atoms with van der Waals surface area (Å²) in [4.78, 5) is 27.7. The smallest absolute Gasteiger partial charge is 0.268 e. The van der Waals surface area contributed by atoms with Crippen molar-refractivity contribution in [2.75, 3.05) is 20.6 Å². The van der Waals surface area contributed by atoms with Crippen LogP contribution in [0.25, 0.3) is 11.1 Å². The van der Waals surface area contributed by atoms with Gasteiger partial charge in [-0.25, -0.2) is 9.29 Å². The van der Waals surface area contributed by atoms with Crippen molar-refractivity contribution in [3.8, 4) is 11.1 Å². The Labute approximate surface area is 200 Å². The topological polar surface area (TPSA) is 84.5 Å². The van der Waals surface area contributed by atoms with E-state index in [1.807, 2.05) is 75.3 Å². The molecule has 8 nitrogen and oxygen atoms in total. The van der Waals surface area contributed by atoms with Crippen molar-refractivity contribution in [2.24, 2.45) is 5.18 Å². The van der Waals surface area contributed by atoms with E-state index in [4.69, 9.17) is 0 Å². The quantitative estimate of drug-likeness (QED) is 0.374. The lowest BCUT2D eigenvalue weighted by Gasteiger charge is -2.28. The molecule has 0 radical (unpaired) electrons. The number of aromatic nitrogens is 3. The Kier molecular flexibility index (Phi) is 9.87. The van der Waals surface area contributed by atoms with E-state index in [2.05, 4.69) is 20.0 Å². The normalized spacial score (nSPS) is 14.4. The molecule has 9 heteroatoms. The molecule has 2 aromatic heterocycles. The van der Waals surface area contributed by atoms with E-state index in [9.17, 15) is 9.70 Å². The molecular formula is C24H34N6O2S. The molecule has 1 N–H and O–H groups in total. The highest BCUT2D eigenvalue weighted by atomic mass is 32.2. The summed E-state index contributed by atoms with van der Waals surface area (Å²) in [7, 11) is 3.97. The van der Waals surface area contributed by atoms with Crippen molar-refractivity contribution in [3.63, 3.8) is 0 Å². The molecule has 4 rings (SSSR count). The van der Waals surface area contributed by atoms with Crippen LogP contribution in [0.15, 0.2) is 48.0 Å². The van der Waals surface area contributed by atoms with E-state index < -0.39 is 0 Å². The molecule has 1 aliphatic heterocycles. The molecule has 1 atom stereocenters. The minimum absolute atomic E-state index is 0.0713. The zero-order valence-electron chi connectivity index (χ0n) is 20.5. The van der Waals surface area contributed by atoms with Crippen molar-refractivity contribution in [1.29, 1.82) is 0 Å². The van der Waals surface area contributed by atoms with Gasteiger partial charge >= 0.3 is 0 Å². The second kappa shape index (κ2) is 12.4. The lowest BCUT2D eigenvalue weighted by Crippen LogP contribution is -2.40. The zero-order chi connectivity index (χ0) is 24.5. The summed E-state index contributed by atoms with van der Waals surface area (Å²) >= 11 is 1.56. The van der Waals surface area contributed by atoms with Crippen LogP contribution in [0.1, 0.15) is 55.6 Å². The molecule has 0 aliphatic carbocycles. The lowest BCUT2D eigenvalue weighted by atomic mass is 10.1. The van der Waals surface area contributed by atoms with Crippen molar-refractivity contribution in [3.05, 3.63) is 64.8 Å². The highest BCUT2D eigenvalue weighted by molar-refractivity contribution is 7.95. The number of hydrogen-bond donors (Lipinski definition) is 1. The largest absolute Gasteiger partial charge is 0.349 e. The van der Waals surface area contributed by atoms with Gasteiger partial charge in [-0.2, -0.15) is 0 Å². The SMILES string of the molecule is CC.CC.Cc1c(-c2cccc(N=O)c2)cc2n1[C@@H](Cc1cncn1SN(C)C)CNC2=O. The number of carbonyl (C=O) groups is 1. The van der Waals surface area contributed by atoms with Crippen LogP contribution in [0, 0.1) is 11.8 Å². The maximum absolute atomic E-state index is 12.5. The fourth-order valence-corrected chi connectivity index (χ4v) is 4.46. The van der Waals surface area contributed by atoms with Crippen molar-refractivity contribution < 1.29 is 4.79 Å². The van der Waals surface area contributed by atoms with Gasteiger partial charge in [0, 0.05) is 42.6 Å². The summed E-state index contributed by atoms with van der Waals surface area (Å²) in [5, 5.41) is 6.03. The number of rotatable bonds is 6. The van der Waals surface area contributed by atoms with Gasteiger partial charge in [-0.05, 0) is 50.0 Å². The van der Waals surface area contributed by atoms with Crippen molar-refractivity contribution in [1.82, 2.24) is 23.1 Å². The molecule has 0 fully saturated rings. The van der Waals surface area contributed by atoms with Crippen LogP contribution in [0.4, 0.5) is 5.69 Å². The van der Waals surface area contributed by atoms with E-state index in [0.29, 0.717) is 17.9 Å². The molecule has 178 valence electrons. The Morgan fingerprint density at radius 2 is 1.94 bits per heavy atom. The number of imidazole rings is 1. The maximum atomic E-state index is 12.5. The van der Waals surface area contributed by atoms with Gasteiger partial charge in [-0.3, -0.25) is 8.77 Å². The summed E-state index contributed by atoms with van der Waals surface area (Å²) in [5.41, 5.74) is 4.89. The van der Waals surface area contributed by atoms with Crippen LogP contribution in [0.3, 0.4) is 0 Å². The summed E-state index contributed by atoms with van der Waals surface area (Å²) in [5.74, 6) is -0.0866. The molecule has 1 amide bonds. The Bertz CT molecular complexity index is 1070. The van der Waals surface area contributed by atoms with Crippen LogP contribution >= 0.6 is 12.1 Å². The summed E-state index contributed by atoms with van der Waals surface area (Å²) in [6.07, 6.45) is 4.40. The molecule has 1 aromatic carbocycles. The number of benzene rings is 1. The zero-order valence-corrected chi connectivity index (χ0v) is 21.3. The van der Waals surface area contributed by atoms with E-state index in [1.54, 1.807) is 36.7 Å². The first-order chi connectivity index (χ1) is 16.0. The highest BCUT2D eigenvalue weighted by Gasteiger charge is 2.29. The summed E-state index contributed by atoms with van der Waals surface area (Å²) < 4.78 is 6.15. The first kappa shape index (κ1) is 26.3. The predicted molar refractivity (Wildman–Crippen MR) is 137 cm³/mol. The number of carbonyl (C=O) groups excluding carboxylic acids is 1. The third kappa shape index (κ3) is 5.91. The van der Waals surface area contributed by atoms with Gasteiger partial charge in [0.1, 0.15) is 17.7 Å². The highest BCUT2D eigenvalue weighted by Crippen LogP contribution is 2.34. The summed E-state index contributed by atoms with van der Waals surface area (Å²) in [6.45, 7) is 10.6. The second-order valence-electron chi connectivity index (χ2n) is 7.21. The lowest BCUT2D eigenvalue weighted by molar-refractivity contribution is 0.0913. The number of nitroso groups, excluding NO2 is 1. The Morgan fingerprint density at radius 1 is 1.21 bits per heavy atom. The minimum atomic E-state index is -0.0866. The van der Waals surface area contributed by atoms with Crippen molar-refractivity contribution >= 4 is 23.7 Å².